The molecule has 360 valence electrons. The van der Waals surface area contributed by atoms with Crippen LogP contribution in [0.1, 0.15) is 98.4 Å². The molecule has 68 heavy (non-hydrogen) atoms. The van der Waals surface area contributed by atoms with Gasteiger partial charge in [0.05, 0.1) is 60.7 Å². The van der Waals surface area contributed by atoms with E-state index < -0.39 is 102 Å². The van der Waals surface area contributed by atoms with Gasteiger partial charge in [-0.15, -0.1) is 0 Å². The van der Waals surface area contributed by atoms with Crippen LogP contribution in [0, 0.1) is 12.7 Å². The molecule has 4 atom stereocenters. The number of hydrogen-bond donors (Lipinski definition) is 7. The van der Waals surface area contributed by atoms with E-state index in [4.69, 9.17) is 20.2 Å². The van der Waals surface area contributed by atoms with Crippen LogP contribution in [-0.4, -0.2) is 93.5 Å². The Hall–Kier alpha value is -7.06. The minimum atomic E-state index is -2.06. The number of carbonyl (C=O) groups is 7. The van der Waals surface area contributed by atoms with Crippen molar-refractivity contribution in [1.82, 2.24) is 36.1 Å². The monoisotopic (exact) mass is 938 g/mol. The van der Waals surface area contributed by atoms with Crippen molar-refractivity contribution in [2.45, 2.75) is 116 Å². The fraction of sp³-hybridized carbons (Fsp3) is 0.438. The van der Waals surface area contributed by atoms with E-state index in [1.54, 1.807) is 71.0 Å². The molecule has 3 aliphatic rings. The van der Waals surface area contributed by atoms with Gasteiger partial charge >= 0.3 is 11.9 Å². The van der Waals surface area contributed by atoms with Crippen LogP contribution < -0.4 is 37.9 Å². The Morgan fingerprint density at radius 3 is 2.37 bits per heavy atom. The average Bonchev–Trinajstić information content (AvgIpc) is 3.67. The van der Waals surface area contributed by atoms with E-state index in [1.807, 2.05) is 0 Å². The fourth-order valence-corrected chi connectivity index (χ4v) is 8.88. The van der Waals surface area contributed by atoms with Gasteiger partial charge in [-0.1, -0.05) is 37.3 Å². The van der Waals surface area contributed by atoms with E-state index in [-0.39, 0.29) is 50.0 Å². The standard InChI is InChI=1S/C48H55FN8O11/c1-6-48(66)29-17-35-42-27(22-57(35)45(64)28(29)23-67-46(48)65)41-32(14-12-26-24(2)30(49)18-33(56-42)40(26)41)54-38(60)21-53-44(63)34(16-25-10-8-7-9-11-25)55-37(59)20-51-36(58)19-52-43(62)31(50)13-15-39(61)68-47(3,4)5/h7-11,17-18,31-32,34,66H,6,12-16,19-23,50H2,1-5H3,(H,51,58)(H,52,62)(H,53,63)(H,54,60)(H,55,59)/t31-,32-,34-,48-/m0/s1. The molecule has 0 bridgehead atoms. The second-order valence-corrected chi connectivity index (χ2v) is 18.2. The Morgan fingerprint density at radius 2 is 1.66 bits per heavy atom. The number of ether oxygens (including phenoxy) is 2. The highest BCUT2D eigenvalue weighted by Crippen LogP contribution is 2.46. The van der Waals surface area contributed by atoms with E-state index in [0.717, 1.165) is 0 Å². The third kappa shape index (κ3) is 10.2. The van der Waals surface area contributed by atoms with Crippen LogP contribution in [0.5, 0.6) is 0 Å². The molecule has 0 spiro atoms. The normalized spacial score (nSPS) is 17.6. The van der Waals surface area contributed by atoms with Gasteiger partial charge in [-0.25, -0.2) is 14.2 Å². The van der Waals surface area contributed by atoms with Crippen LogP contribution >= 0.6 is 0 Å². The first-order chi connectivity index (χ1) is 32.2. The van der Waals surface area contributed by atoms with Crippen molar-refractivity contribution in [3.8, 4) is 11.4 Å². The molecule has 8 N–H and O–H groups in total. The number of halogens is 1. The Balaban J connectivity index is 1.02. The summed E-state index contributed by atoms with van der Waals surface area (Å²) in [4.78, 5) is 109. The van der Waals surface area contributed by atoms with Crippen molar-refractivity contribution in [2.75, 3.05) is 19.6 Å². The highest BCUT2D eigenvalue weighted by atomic mass is 19.1. The van der Waals surface area contributed by atoms with Crippen molar-refractivity contribution in [2.24, 2.45) is 5.73 Å². The molecule has 19 nitrogen and oxygen atoms in total. The summed E-state index contributed by atoms with van der Waals surface area (Å²) in [5, 5.41) is 25.0. The SMILES string of the molecule is CC[C@@]1(O)C(=O)OCc2c1cc1n(c2=O)Cc2c-1nc1cc(F)c(C)c3c1c2[C@@H](NC(=O)CNC(=O)[C@H](Cc1ccccc1)NC(=O)CNC(=O)CNC(=O)[C@@H](N)CCC(=O)OC(C)(C)C)CC3. The molecular weight excluding hydrogens is 884 g/mol. The van der Waals surface area contributed by atoms with Crippen LogP contribution in [0.15, 0.2) is 47.3 Å². The zero-order valence-corrected chi connectivity index (χ0v) is 38.4. The number of hydrogen-bond acceptors (Lipinski definition) is 13. The molecule has 2 aromatic carbocycles. The second kappa shape index (κ2) is 19.7. The number of carbonyl (C=O) groups excluding carboxylic acids is 7. The molecule has 1 aliphatic carbocycles. The Morgan fingerprint density at radius 1 is 0.971 bits per heavy atom. The van der Waals surface area contributed by atoms with Crippen molar-refractivity contribution < 1.29 is 52.5 Å². The summed E-state index contributed by atoms with van der Waals surface area (Å²) in [7, 11) is 0. The van der Waals surface area contributed by atoms with Crippen LogP contribution in [0.2, 0.25) is 0 Å². The quantitative estimate of drug-likeness (QED) is 0.0685. The van der Waals surface area contributed by atoms with Gasteiger partial charge in [-0.3, -0.25) is 33.6 Å². The first-order valence-corrected chi connectivity index (χ1v) is 22.4. The molecule has 0 unspecified atom stereocenters. The minimum Gasteiger partial charge on any atom is -0.460 e. The first kappa shape index (κ1) is 48.9. The number of nitrogens with two attached hydrogens (primary N) is 1. The molecule has 4 aromatic rings. The third-order valence-corrected chi connectivity index (χ3v) is 12.4. The van der Waals surface area contributed by atoms with Crippen LogP contribution in [-0.2, 0) is 74.6 Å². The summed E-state index contributed by atoms with van der Waals surface area (Å²) in [6.45, 7) is 6.53. The van der Waals surface area contributed by atoms with Gasteiger partial charge < -0.3 is 51.5 Å². The van der Waals surface area contributed by atoms with Gasteiger partial charge in [0, 0.05) is 35.4 Å². The van der Waals surface area contributed by atoms with Gasteiger partial charge in [-0.05, 0) is 81.7 Å². The molecule has 0 saturated carbocycles. The van der Waals surface area contributed by atoms with Gasteiger partial charge in [0.15, 0.2) is 5.60 Å². The predicted molar refractivity (Wildman–Crippen MR) is 243 cm³/mol. The van der Waals surface area contributed by atoms with E-state index >= 15 is 4.39 Å². The molecular formula is C48H55FN8O11. The van der Waals surface area contributed by atoms with Crippen LogP contribution in [0.25, 0.3) is 22.3 Å². The number of fused-ring (bicyclic) bond motifs is 5. The number of rotatable bonds is 16. The lowest BCUT2D eigenvalue weighted by Crippen LogP contribution is -2.52. The van der Waals surface area contributed by atoms with E-state index in [2.05, 4.69) is 26.6 Å². The first-order valence-electron chi connectivity index (χ1n) is 22.4. The Labute approximate surface area is 390 Å². The number of cyclic esters (lactones) is 1. The molecule has 2 aliphatic heterocycles. The molecule has 0 saturated heterocycles. The summed E-state index contributed by atoms with van der Waals surface area (Å²) in [6.07, 6.45) is 0.576. The van der Waals surface area contributed by atoms with Crippen LogP contribution in [0.4, 0.5) is 4.39 Å². The summed E-state index contributed by atoms with van der Waals surface area (Å²) in [6, 6.07) is 8.72. The highest BCUT2D eigenvalue weighted by Gasteiger charge is 2.46. The molecule has 0 fully saturated rings. The number of aromatic nitrogens is 2. The number of aliphatic hydroxyl groups is 1. The van der Waals surface area contributed by atoms with Crippen LogP contribution in [0.3, 0.4) is 0 Å². The van der Waals surface area contributed by atoms with Gasteiger partial charge in [0.2, 0.25) is 29.5 Å². The smallest absolute Gasteiger partial charge is 0.343 e. The lowest BCUT2D eigenvalue weighted by atomic mass is 9.81. The summed E-state index contributed by atoms with van der Waals surface area (Å²) < 4.78 is 27.3. The van der Waals surface area contributed by atoms with Crippen molar-refractivity contribution in [3.05, 3.63) is 97.6 Å². The number of nitrogens with one attached hydrogen (secondary N) is 5. The average molecular weight is 939 g/mol. The fourth-order valence-electron chi connectivity index (χ4n) is 8.88. The molecule has 7 rings (SSSR count). The van der Waals surface area contributed by atoms with E-state index in [0.29, 0.717) is 62.9 Å². The number of esters is 2. The lowest BCUT2D eigenvalue weighted by molar-refractivity contribution is -0.172. The lowest BCUT2D eigenvalue weighted by Gasteiger charge is -2.31. The number of benzene rings is 2. The molecule has 20 heteroatoms. The Bertz CT molecular complexity index is 2790. The summed E-state index contributed by atoms with van der Waals surface area (Å²) in [5.74, 6) is -5.29. The minimum absolute atomic E-state index is 0.0147. The maximum Gasteiger partial charge on any atom is 0.343 e. The molecule has 4 heterocycles. The second-order valence-electron chi connectivity index (χ2n) is 18.2. The van der Waals surface area contributed by atoms with Gasteiger partial charge in [-0.2, -0.15) is 0 Å². The predicted octanol–water partition coefficient (Wildman–Crippen LogP) is 1.16. The van der Waals surface area contributed by atoms with Crippen molar-refractivity contribution >= 4 is 52.4 Å². The molecule has 5 amide bonds. The van der Waals surface area contributed by atoms with Gasteiger partial charge in [0.25, 0.3) is 5.56 Å². The summed E-state index contributed by atoms with van der Waals surface area (Å²) >= 11 is 0. The van der Waals surface area contributed by atoms with Gasteiger partial charge in [0.1, 0.15) is 24.1 Å². The largest absolute Gasteiger partial charge is 0.460 e. The zero-order chi connectivity index (χ0) is 49.2. The number of aryl methyl sites for hydroxylation is 1. The Kier molecular flexibility index (Phi) is 14.1. The third-order valence-electron chi connectivity index (χ3n) is 12.4. The topological polar surface area (TPSA) is 279 Å². The summed E-state index contributed by atoms with van der Waals surface area (Å²) in [5.41, 5.74) is 6.90. The maximum absolute atomic E-state index is 15.4. The number of amides is 5. The number of nitrogens with zero attached hydrogens (tertiary/aromatic N) is 2. The zero-order valence-electron chi connectivity index (χ0n) is 38.4. The molecule has 0 radical (unpaired) electrons. The van der Waals surface area contributed by atoms with Crippen molar-refractivity contribution in [3.63, 3.8) is 0 Å². The van der Waals surface area contributed by atoms with E-state index in [9.17, 15) is 43.5 Å². The van der Waals surface area contributed by atoms with Crippen molar-refractivity contribution in [1.29, 1.82) is 0 Å². The number of pyridine rings is 2. The van der Waals surface area contributed by atoms with E-state index in [1.165, 1.54) is 10.6 Å². The highest BCUT2D eigenvalue weighted by molar-refractivity contribution is 5.96. The molecule has 2 aromatic heterocycles. The maximum atomic E-state index is 15.4.